The summed E-state index contributed by atoms with van der Waals surface area (Å²) in [7, 11) is 1.46. The summed E-state index contributed by atoms with van der Waals surface area (Å²) in [6.07, 6.45) is 4.71. The highest BCUT2D eigenvalue weighted by atomic mass is 16.5. The molecule has 2 fully saturated rings. The number of nitrogens with zero attached hydrogens (tertiary/aromatic N) is 1. The molecule has 3 aliphatic heterocycles. The van der Waals surface area contributed by atoms with Crippen molar-refractivity contribution in [2.75, 3.05) is 25.5 Å². The van der Waals surface area contributed by atoms with Crippen LogP contribution in [0.2, 0.25) is 0 Å². The monoisotopic (exact) mass is 366 g/mol. The van der Waals surface area contributed by atoms with E-state index >= 15 is 0 Å². The van der Waals surface area contributed by atoms with Crippen molar-refractivity contribution in [3.63, 3.8) is 0 Å². The van der Waals surface area contributed by atoms with Crippen molar-refractivity contribution in [1.29, 1.82) is 0 Å². The zero-order valence-corrected chi connectivity index (χ0v) is 15.9. The lowest BCUT2D eigenvalue weighted by Crippen LogP contribution is -2.55. The first-order valence-corrected chi connectivity index (χ1v) is 9.99. The topological polar surface area (TPSA) is 58.6 Å². The molecule has 0 radical (unpaired) electrons. The average molecular weight is 366 g/mol. The molecule has 3 heterocycles. The first kappa shape index (κ1) is 17.0. The van der Waals surface area contributed by atoms with E-state index < -0.39 is 5.41 Å². The van der Waals surface area contributed by atoms with Crippen LogP contribution < -0.4 is 5.32 Å². The van der Waals surface area contributed by atoms with Crippen LogP contribution in [0, 0.1) is 17.8 Å². The van der Waals surface area contributed by atoms with Crippen LogP contribution in [0.3, 0.4) is 0 Å². The molecule has 1 spiro atoms. The largest absolute Gasteiger partial charge is 0.466 e. The number of nitrogens with one attached hydrogen (secondary N) is 1. The molecular formula is C22H26N2O3. The van der Waals surface area contributed by atoms with E-state index in [1.165, 1.54) is 7.11 Å². The van der Waals surface area contributed by atoms with Gasteiger partial charge in [-0.15, -0.1) is 0 Å². The minimum Gasteiger partial charge on any atom is -0.466 e. The predicted molar refractivity (Wildman–Crippen MR) is 102 cm³/mol. The van der Waals surface area contributed by atoms with Crippen LogP contribution in [0.4, 0.5) is 5.69 Å². The van der Waals surface area contributed by atoms with Gasteiger partial charge in [-0.05, 0) is 55.2 Å². The first-order chi connectivity index (χ1) is 13.1. The van der Waals surface area contributed by atoms with E-state index in [1.54, 1.807) is 0 Å². The summed E-state index contributed by atoms with van der Waals surface area (Å²) >= 11 is 0. The Morgan fingerprint density at radius 1 is 1.33 bits per heavy atom. The van der Waals surface area contributed by atoms with Crippen LogP contribution in [0.15, 0.2) is 35.9 Å². The number of benzene rings is 1. The van der Waals surface area contributed by atoms with Gasteiger partial charge in [0, 0.05) is 23.8 Å². The molecule has 1 amide bonds. The SMILES string of the molecule is COC(=O)C1=CC[C@@H](C)[C@@H]2CN3CC[C@@]4(C(=O)Nc5ccccc54)[C@@H]3C[C@H]12. The highest BCUT2D eigenvalue weighted by Gasteiger charge is 2.60. The number of allylic oxidation sites excluding steroid dienone is 1. The van der Waals surface area contributed by atoms with Crippen molar-refractivity contribution in [1.82, 2.24) is 4.90 Å². The van der Waals surface area contributed by atoms with E-state index in [-0.39, 0.29) is 23.8 Å². The molecule has 4 aliphatic rings. The van der Waals surface area contributed by atoms with Crippen LogP contribution in [0.5, 0.6) is 0 Å². The van der Waals surface area contributed by atoms with E-state index in [0.717, 1.165) is 49.2 Å². The number of fused-ring (bicyclic) bond motifs is 5. The van der Waals surface area contributed by atoms with Crippen molar-refractivity contribution in [3.05, 3.63) is 41.5 Å². The van der Waals surface area contributed by atoms with E-state index in [2.05, 4.69) is 29.3 Å². The van der Waals surface area contributed by atoms with Crippen LogP contribution in [0.25, 0.3) is 0 Å². The van der Waals surface area contributed by atoms with Gasteiger partial charge in [0.25, 0.3) is 0 Å². The van der Waals surface area contributed by atoms with Crippen LogP contribution >= 0.6 is 0 Å². The number of hydrogen-bond acceptors (Lipinski definition) is 4. The van der Waals surface area contributed by atoms with Gasteiger partial charge in [0.1, 0.15) is 0 Å². The second-order valence-electron chi connectivity index (χ2n) is 8.60. The molecule has 1 aromatic carbocycles. The fraction of sp³-hybridized carbons (Fsp3) is 0.545. The molecule has 142 valence electrons. The van der Waals surface area contributed by atoms with Gasteiger partial charge in [0.05, 0.1) is 12.5 Å². The van der Waals surface area contributed by atoms with Crippen molar-refractivity contribution >= 4 is 17.6 Å². The number of hydrogen-bond donors (Lipinski definition) is 1. The number of para-hydroxylation sites is 1. The number of carbonyl (C=O) groups is 2. The third kappa shape index (κ3) is 2.21. The van der Waals surface area contributed by atoms with Crippen molar-refractivity contribution in [2.45, 2.75) is 37.6 Å². The molecule has 0 aromatic heterocycles. The molecule has 1 aromatic rings. The molecule has 1 aliphatic carbocycles. The Bertz CT molecular complexity index is 848. The number of carbonyl (C=O) groups excluding carboxylic acids is 2. The van der Waals surface area contributed by atoms with E-state index in [1.807, 2.05) is 18.2 Å². The van der Waals surface area contributed by atoms with E-state index in [4.69, 9.17) is 4.74 Å². The number of amides is 1. The second-order valence-corrected chi connectivity index (χ2v) is 8.60. The summed E-state index contributed by atoms with van der Waals surface area (Å²) in [5.74, 6) is 1.11. The number of rotatable bonds is 1. The van der Waals surface area contributed by atoms with Crippen LogP contribution in [-0.2, 0) is 19.7 Å². The lowest BCUT2D eigenvalue weighted by atomic mass is 9.63. The summed E-state index contributed by atoms with van der Waals surface area (Å²) in [5.41, 5.74) is 2.43. The number of methoxy groups -OCH3 is 1. The van der Waals surface area contributed by atoms with Gasteiger partial charge >= 0.3 is 5.97 Å². The minimum atomic E-state index is -0.483. The third-order valence-corrected chi connectivity index (χ3v) is 7.56. The minimum absolute atomic E-state index is 0.127. The molecule has 1 N–H and O–H groups in total. The zero-order chi connectivity index (χ0) is 18.8. The molecular weight excluding hydrogens is 340 g/mol. The number of esters is 1. The van der Waals surface area contributed by atoms with Gasteiger partial charge in [-0.2, -0.15) is 0 Å². The van der Waals surface area contributed by atoms with Crippen LogP contribution in [0.1, 0.15) is 31.7 Å². The fourth-order valence-corrected chi connectivity index (χ4v) is 6.18. The Morgan fingerprint density at radius 2 is 2.15 bits per heavy atom. The van der Waals surface area contributed by atoms with Crippen molar-refractivity contribution < 1.29 is 14.3 Å². The van der Waals surface area contributed by atoms with Gasteiger partial charge < -0.3 is 10.1 Å². The van der Waals surface area contributed by atoms with Crippen LogP contribution in [-0.4, -0.2) is 43.0 Å². The molecule has 5 atom stereocenters. The Kier molecular flexibility index (Phi) is 3.73. The van der Waals surface area contributed by atoms with Crippen molar-refractivity contribution in [2.24, 2.45) is 17.8 Å². The highest BCUT2D eigenvalue weighted by Crippen LogP contribution is 2.54. The van der Waals surface area contributed by atoms with E-state index in [0.29, 0.717) is 11.8 Å². The molecule has 5 rings (SSSR count). The summed E-state index contributed by atoms with van der Waals surface area (Å²) < 4.78 is 5.08. The Hall–Kier alpha value is -2.14. The Morgan fingerprint density at radius 3 is 2.96 bits per heavy atom. The smallest absolute Gasteiger partial charge is 0.333 e. The lowest BCUT2D eigenvalue weighted by Gasteiger charge is -2.48. The standard InChI is InChI=1S/C22H26N2O3/c1-13-7-8-14(20(25)27-2)15-11-19-22(9-10-24(19)12-16(13)15)17-5-3-4-6-18(17)23-21(22)26/h3-6,8,13,15-16,19H,7,9-12H2,1-2H3,(H,23,26)/t13-,15-,16+,19+,22+/m1/s1. The fourth-order valence-electron chi connectivity index (χ4n) is 6.18. The third-order valence-electron chi connectivity index (χ3n) is 7.56. The maximum atomic E-state index is 13.2. The molecule has 0 saturated carbocycles. The summed E-state index contributed by atoms with van der Waals surface area (Å²) in [5, 5.41) is 3.12. The average Bonchev–Trinajstić information content (AvgIpc) is 3.20. The summed E-state index contributed by atoms with van der Waals surface area (Å²) in [4.78, 5) is 28.1. The quantitative estimate of drug-likeness (QED) is 0.777. The van der Waals surface area contributed by atoms with Gasteiger partial charge in [-0.1, -0.05) is 31.2 Å². The summed E-state index contributed by atoms with van der Waals surface area (Å²) in [6.45, 7) is 4.19. The van der Waals surface area contributed by atoms with Crippen molar-refractivity contribution in [3.8, 4) is 0 Å². The maximum absolute atomic E-state index is 13.2. The zero-order valence-electron chi connectivity index (χ0n) is 15.9. The molecule has 27 heavy (non-hydrogen) atoms. The number of ether oxygens (including phenoxy) is 1. The molecule has 5 nitrogen and oxygen atoms in total. The lowest BCUT2D eigenvalue weighted by molar-refractivity contribution is -0.137. The molecule has 0 bridgehead atoms. The normalized spacial score (nSPS) is 37.3. The Balaban J connectivity index is 1.55. The maximum Gasteiger partial charge on any atom is 0.333 e. The van der Waals surface area contributed by atoms with Gasteiger partial charge in [-0.3, -0.25) is 9.69 Å². The molecule has 0 unspecified atom stereocenters. The summed E-state index contributed by atoms with van der Waals surface area (Å²) in [6, 6.07) is 8.24. The van der Waals surface area contributed by atoms with Gasteiger partial charge in [0.2, 0.25) is 5.91 Å². The predicted octanol–water partition coefficient (Wildman–Crippen LogP) is 2.73. The number of piperidine rings is 1. The van der Waals surface area contributed by atoms with Gasteiger partial charge in [-0.25, -0.2) is 4.79 Å². The van der Waals surface area contributed by atoms with E-state index in [9.17, 15) is 9.59 Å². The highest BCUT2D eigenvalue weighted by molar-refractivity contribution is 6.07. The molecule has 5 heteroatoms. The second kappa shape index (κ2) is 5.93. The molecule has 2 saturated heterocycles. The van der Waals surface area contributed by atoms with Gasteiger partial charge in [0.15, 0.2) is 0 Å². The number of anilines is 1. The Labute approximate surface area is 159 Å². The first-order valence-electron chi connectivity index (χ1n) is 9.99.